The third kappa shape index (κ3) is 4.28. The van der Waals surface area contributed by atoms with Gasteiger partial charge in [0, 0.05) is 21.8 Å². The molecule has 0 saturated heterocycles. The maximum Gasteiger partial charge on any atom is 0.405 e. The second kappa shape index (κ2) is 7.00. The molecule has 1 aliphatic heterocycles. The van der Waals surface area contributed by atoms with E-state index < -0.39 is 6.09 Å². The van der Waals surface area contributed by atoms with Crippen molar-refractivity contribution in [1.29, 1.82) is 0 Å². The molecule has 1 amide bonds. The fraction of sp³-hybridized carbons (Fsp3) is 0.350. The highest BCUT2D eigenvalue weighted by Gasteiger charge is 2.23. The van der Waals surface area contributed by atoms with Crippen LogP contribution in [0.1, 0.15) is 44.4 Å². The third-order valence-corrected chi connectivity index (χ3v) is 5.24. The summed E-state index contributed by atoms with van der Waals surface area (Å²) in [5.74, 6) is 0.766. The minimum absolute atomic E-state index is 0.116. The summed E-state index contributed by atoms with van der Waals surface area (Å²) in [7, 11) is 0. The number of carboxylic acid groups (broad SMARTS) is 1. The topological polar surface area (TPSA) is 58.6 Å². The number of fused-ring (bicyclic) bond motifs is 1. The number of rotatable bonds is 3. The fourth-order valence-corrected chi connectivity index (χ4v) is 3.80. The number of benzene rings is 2. The molecule has 0 spiro atoms. The van der Waals surface area contributed by atoms with E-state index in [0.717, 1.165) is 16.2 Å². The molecule has 1 heterocycles. The highest BCUT2D eigenvalue weighted by molar-refractivity contribution is 7.99. The van der Waals surface area contributed by atoms with Gasteiger partial charge in [0.25, 0.3) is 0 Å². The zero-order valence-electron chi connectivity index (χ0n) is 14.7. The van der Waals surface area contributed by atoms with Crippen LogP contribution in [0.4, 0.5) is 4.79 Å². The first kappa shape index (κ1) is 17.7. The Morgan fingerprint density at radius 1 is 1.20 bits per heavy atom. The quantitative estimate of drug-likeness (QED) is 0.790. The Balaban J connectivity index is 1.82. The van der Waals surface area contributed by atoms with Crippen LogP contribution in [0.5, 0.6) is 5.75 Å². The molecule has 0 saturated carbocycles. The molecule has 3 rings (SSSR count). The van der Waals surface area contributed by atoms with Crippen molar-refractivity contribution in [1.82, 2.24) is 5.32 Å². The van der Waals surface area contributed by atoms with Gasteiger partial charge >= 0.3 is 6.09 Å². The molecular formula is C20H23NO3S. The van der Waals surface area contributed by atoms with E-state index in [1.807, 2.05) is 18.2 Å². The number of carbonyl (C=O) groups is 1. The summed E-state index contributed by atoms with van der Waals surface area (Å²) in [6, 6.07) is 14.4. The highest BCUT2D eigenvalue weighted by Crippen LogP contribution is 2.38. The van der Waals surface area contributed by atoms with Gasteiger partial charge < -0.3 is 15.2 Å². The molecule has 1 atom stereocenters. The van der Waals surface area contributed by atoms with Gasteiger partial charge in [0.15, 0.2) is 0 Å². The van der Waals surface area contributed by atoms with Gasteiger partial charge in [-0.05, 0) is 35.2 Å². The normalized spacial score (nSPS) is 16.7. The van der Waals surface area contributed by atoms with Crippen molar-refractivity contribution < 1.29 is 14.6 Å². The zero-order valence-corrected chi connectivity index (χ0v) is 15.5. The molecule has 2 aromatic rings. The molecule has 5 heteroatoms. The van der Waals surface area contributed by atoms with Crippen LogP contribution in [0.2, 0.25) is 0 Å². The predicted octanol–water partition coefficient (Wildman–Crippen LogP) is 5.23. The summed E-state index contributed by atoms with van der Waals surface area (Å²) in [6.45, 7) is 7.14. The van der Waals surface area contributed by atoms with E-state index in [4.69, 9.17) is 9.84 Å². The molecule has 0 aliphatic carbocycles. The van der Waals surface area contributed by atoms with Crippen LogP contribution >= 0.6 is 11.8 Å². The third-order valence-electron chi connectivity index (χ3n) is 4.26. The molecule has 2 N–H and O–H groups in total. The molecule has 0 fully saturated rings. The minimum Gasteiger partial charge on any atom is -0.493 e. The molecule has 0 aromatic heterocycles. The van der Waals surface area contributed by atoms with Crippen molar-refractivity contribution in [3.05, 3.63) is 53.6 Å². The first-order valence-corrected chi connectivity index (χ1v) is 9.19. The molecule has 0 radical (unpaired) electrons. The number of ether oxygens (including phenoxy) is 1. The van der Waals surface area contributed by atoms with Crippen LogP contribution in [0.3, 0.4) is 0 Å². The summed E-state index contributed by atoms with van der Waals surface area (Å²) in [5.41, 5.74) is 2.32. The minimum atomic E-state index is -1.00. The molecule has 4 nitrogen and oxygen atoms in total. The first-order chi connectivity index (χ1) is 11.8. The van der Waals surface area contributed by atoms with E-state index in [0.29, 0.717) is 13.0 Å². The maximum atomic E-state index is 10.9. The number of amides is 1. The van der Waals surface area contributed by atoms with Gasteiger partial charge in [-0.3, -0.25) is 0 Å². The number of nitrogens with one attached hydrogen (secondary N) is 1. The van der Waals surface area contributed by atoms with Gasteiger partial charge in [-0.15, -0.1) is 0 Å². The molecule has 132 valence electrons. The van der Waals surface area contributed by atoms with Crippen molar-refractivity contribution in [2.24, 2.45) is 0 Å². The second-order valence-electron chi connectivity index (χ2n) is 7.22. The van der Waals surface area contributed by atoms with E-state index in [1.54, 1.807) is 11.8 Å². The molecular weight excluding hydrogens is 334 g/mol. The maximum absolute atomic E-state index is 10.9. The van der Waals surface area contributed by atoms with Gasteiger partial charge in [-0.25, -0.2) is 4.79 Å². The monoisotopic (exact) mass is 357 g/mol. The average Bonchev–Trinajstić information content (AvgIpc) is 2.54. The molecule has 1 unspecified atom stereocenters. The Kier molecular flexibility index (Phi) is 4.95. The van der Waals surface area contributed by atoms with E-state index in [9.17, 15) is 4.79 Å². The van der Waals surface area contributed by atoms with Crippen LogP contribution in [-0.4, -0.2) is 17.8 Å². The van der Waals surface area contributed by atoms with Crippen LogP contribution in [0.25, 0.3) is 0 Å². The Morgan fingerprint density at radius 3 is 2.68 bits per heavy atom. The standard InChI is InChI=1S/C20H23NO3S/c1-20(2,3)13-5-4-6-14(11-13)25-15-7-8-16-17(21-19(22)23)9-10-24-18(16)12-15/h4-8,11-12,17,21H,9-10H2,1-3H3,(H,22,23). The summed E-state index contributed by atoms with van der Waals surface area (Å²) < 4.78 is 5.75. The Bertz CT molecular complexity index is 783. The lowest BCUT2D eigenvalue weighted by molar-refractivity contribution is 0.182. The Morgan fingerprint density at radius 2 is 1.96 bits per heavy atom. The van der Waals surface area contributed by atoms with Gasteiger partial charge in [0.05, 0.1) is 12.6 Å². The van der Waals surface area contributed by atoms with Crippen LogP contribution < -0.4 is 10.1 Å². The Hall–Kier alpha value is -2.14. The van der Waals surface area contributed by atoms with Gasteiger partial charge in [0.2, 0.25) is 0 Å². The van der Waals surface area contributed by atoms with Gasteiger partial charge in [-0.1, -0.05) is 50.7 Å². The molecule has 2 aromatic carbocycles. The van der Waals surface area contributed by atoms with E-state index in [-0.39, 0.29) is 11.5 Å². The lowest BCUT2D eigenvalue weighted by Crippen LogP contribution is -2.30. The number of hydrogen-bond acceptors (Lipinski definition) is 3. The van der Waals surface area contributed by atoms with Gasteiger partial charge in [0.1, 0.15) is 5.75 Å². The largest absolute Gasteiger partial charge is 0.493 e. The van der Waals surface area contributed by atoms with Gasteiger partial charge in [-0.2, -0.15) is 0 Å². The van der Waals surface area contributed by atoms with Crippen molar-refractivity contribution in [2.75, 3.05) is 6.61 Å². The molecule has 25 heavy (non-hydrogen) atoms. The van der Waals surface area contributed by atoms with E-state index >= 15 is 0 Å². The van der Waals surface area contributed by atoms with E-state index in [1.165, 1.54) is 10.5 Å². The summed E-state index contributed by atoms with van der Waals surface area (Å²) >= 11 is 1.69. The van der Waals surface area contributed by atoms with Crippen LogP contribution in [-0.2, 0) is 5.41 Å². The predicted molar refractivity (Wildman–Crippen MR) is 99.7 cm³/mol. The SMILES string of the molecule is CC(C)(C)c1cccc(Sc2ccc3c(c2)OCCC3NC(=O)O)c1. The van der Waals surface area contributed by atoms with Crippen molar-refractivity contribution >= 4 is 17.9 Å². The van der Waals surface area contributed by atoms with Crippen molar-refractivity contribution in [3.8, 4) is 5.75 Å². The number of hydrogen-bond donors (Lipinski definition) is 2. The second-order valence-corrected chi connectivity index (χ2v) is 8.37. The Labute approximate surface area is 152 Å². The summed E-state index contributed by atoms with van der Waals surface area (Å²) in [5, 5.41) is 11.5. The molecule has 1 aliphatic rings. The zero-order chi connectivity index (χ0) is 18.0. The average molecular weight is 357 g/mol. The van der Waals surface area contributed by atoms with Crippen LogP contribution in [0.15, 0.2) is 52.3 Å². The van der Waals surface area contributed by atoms with Crippen LogP contribution in [0, 0.1) is 0 Å². The lowest BCUT2D eigenvalue weighted by atomic mass is 9.87. The fourth-order valence-electron chi connectivity index (χ4n) is 2.89. The molecule has 0 bridgehead atoms. The lowest BCUT2D eigenvalue weighted by Gasteiger charge is -2.26. The summed E-state index contributed by atoms with van der Waals surface area (Å²) in [4.78, 5) is 13.2. The summed E-state index contributed by atoms with van der Waals surface area (Å²) in [6.07, 6.45) is -0.352. The van der Waals surface area contributed by atoms with Crippen molar-refractivity contribution in [2.45, 2.75) is 48.4 Å². The van der Waals surface area contributed by atoms with E-state index in [2.05, 4.69) is 50.4 Å². The first-order valence-electron chi connectivity index (χ1n) is 8.37. The highest BCUT2D eigenvalue weighted by atomic mass is 32.2. The smallest absolute Gasteiger partial charge is 0.405 e. The van der Waals surface area contributed by atoms with Crippen molar-refractivity contribution in [3.63, 3.8) is 0 Å².